The van der Waals surface area contributed by atoms with Crippen molar-refractivity contribution in [3.8, 4) is 0 Å². The van der Waals surface area contributed by atoms with Gasteiger partial charge in [-0.05, 0) is 19.8 Å². The number of ether oxygens (including phenoxy) is 1. The van der Waals surface area contributed by atoms with Crippen LogP contribution >= 0.6 is 11.6 Å². The zero-order chi connectivity index (χ0) is 12.7. The highest BCUT2D eigenvalue weighted by Gasteiger charge is 2.32. The first-order chi connectivity index (χ1) is 8.70. The van der Waals surface area contributed by atoms with Crippen molar-refractivity contribution in [2.24, 2.45) is 0 Å². The smallest absolute Gasteiger partial charge is 0.165 e. The van der Waals surface area contributed by atoms with E-state index in [-0.39, 0.29) is 6.10 Å². The molecular weight excluding hydrogens is 252 g/mol. The normalized spacial score (nSPS) is 23.9. The molecule has 2 unspecified atom stereocenters. The molecule has 0 spiro atoms. The van der Waals surface area contributed by atoms with Gasteiger partial charge in [-0.25, -0.2) is 4.98 Å². The van der Waals surface area contributed by atoms with Crippen LogP contribution in [0.4, 0.5) is 0 Å². The lowest BCUT2D eigenvalue weighted by Crippen LogP contribution is -2.16. The first-order valence-corrected chi connectivity index (χ1v) is 6.58. The first kappa shape index (κ1) is 11.9. The van der Waals surface area contributed by atoms with Crippen molar-refractivity contribution in [2.75, 3.05) is 6.61 Å². The van der Waals surface area contributed by atoms with Crippen LogP contribution in [0.15, 0.2) is 6.07 Å². The summed E-state index contributed by atoms with van der Waals surface area (Å²) in [4.78, 5) is 4.26. The number of fused-ring (bicyclic) bond motifs is 1. The molecule has 1 saturated heterocycles. The molecular formula is C12H15ClN4O. The molecule has 3 rings (SSSR count). The van der Waals surface area contributed by atoms with Gasteiger partial charge in [0, 0.05) is 18.6 Å². The lowest BCUT2D eigenvalue weighted by Gasteiger charge is -2.15. The summed E-state index contributed by atoms with van der Waals surface area (Å²) in [6.45, 7) is 4.84. The van der Waals surface area contributed by atoms with Crippen molar-refractivity contribution in [2.45, 2.75) is 38.7 Å². The lowest BCUT2D eigenvalue weighted by molar-refractivity contribution is 0.0992. The van der Waals surface area contributed by atoms with E-state index in [1.807, 2.05) is 11.3 Å². The minimum atomic E-state index is 0.229. The summed E-state index contributed by atoms with van der Waals surface area (Å²) in [5.41, 5.74) is 0.754. The molecule has 2 aromatic rings. The van der Waals surface area contributed by atoms with Crippen molar-refractivity contribution in [1.29, 1.82) is 0 Å². The number of aryl methyl sites for hydroxylation is 1. The highest BCUT2D eigenvalue weighted by Crippen LogP contribution is 2.32. The van der Waals surface area contributed by atoms with Gasteiger partial charge in [0.05, 0.1) is 6.10 Å². The topological polar surface area (TPSA) is 52.3 Å². The van der Waals surface area contributed by atoms with Crippen LogP contribution in [0.25, 0.3) is 5.65 Å². The fraction of sp³-hybridized carbons (Fsp3) is 0.583. The van der Waals surface area contributed by atoms with E-state index >= 15 is 0 Å². The maximum atomic E-state index is 5.93. The van der Waals surface area contributed by atoms with Gasteiger partial charge in [0.1, 0.15) is 16.8 Å². The van der Waals surface area contributed by atoms with E-state index in [0.717, 1.165) is 36.7 Å². The molecule has 0 amide bonds. The molecule has 3 heterocycles. The number of hydrogen-bond acceptors (Lipinski definition) is 4. The lowest BCUT2D eigenvalue weighted by atomic mass is 9.99. The molecule has 5 nitrogen and oxygen atoms in total. The third-order valence-corrected chi connectivity index (χ3v) is 3.69. The number of halogens is 1. The van der Waals surface area contributed by atoms with Gasteiger partial charge in [0.2, 0.25) is 0 Å². The number of nitrogens with zero attached hydrogens (tertiary/aromatic N) is 4. The van der Waals surface area contributed by atoms with Crippen LogP contribution in [-0.4, -0.2) is 32.3 Å². The Bertz CT molecular complexity index is 583. The summed E-state index contributed by atoms with van der Waals surface area (Å²) < 4.78 is 7.70. The van der Waals surface area contributed by atoms with Crippen molar-refractivity contribution in [3.05, 3.63) is 22.9 Å². The van der Waals surface area contributed by atoms with Crippen LogP contribution < -0.4 is 0 Å². The molecule has 0 aromatic carbocycles. The third kappa shape index (κ3) is 1.78. The van der Waals surface area contributed by atoms with Gasteiger partial charge in [0.25, 0.3) is 0 Å². The van der Waals surface area contributed by atoms with Gasteiger partial charge in [-0.15, -0.1) is 10.2 Å². The second-order valence-electron chi connectivity index (χ2n) is 4.59. The Kier molecular flexibility index (Phi) is 2.95. The van der Waals surface area contributed by atoms with E-state index in [4.69, 9.17) is 16.3 Å². The standard InChI is InChI=1S/C12H15ClN4O/c1-3-9-8(4-5-18-9)12-16-15-11-6-10(13)14-7(2)17(11)12/h6,8-9H,3-5H2,1-2H3. The molecule has 1 aliphatic heterocycles. The van der Waals surface area contributed by atoms with Crippen molar-refractivity contribution < 1.29 is 4.74 Å². The number of aromatic nitrogens is 4. The molecule has 0 saturated carbocycles. The van der Waals surface area contributed by atoms with E-state index < -0.39 is 0 Å². The second kappa shape index (κ2) is 4.48. The summed E-state index contributed by atoms with van der Waals surface area (Å²) in [7, 11) is 0. The van der Waals surface area contributed by atoms with Crippen LogP contribution in [0.1, 0.15) is 37.3 Å². The van der Waals surface area contributed by atoms with Crippen molar-refractivity contribution in [1.82, 2.24) is 19.6 Å². The highest BCUT2D eigenvalue weighted by atomic mass is 35.5. The fourth-order valence-corrected chi connectivity index (χ4v) is 2.88. The van der Waals surface area contributed by atoms with E-state index in [2.05, 4.69) is 22.1 Å². The molecule has 6 heteroatoms. The molecule has 96 valence electrons. The maximum absolute atomic E-state index is 5.93. The second-order valence-corrected chi connectivity index (χ2v) is 4.98. The summed E-state index contributed by atoms with van der Waals surface area (Å²) >= 11 is 5.93. The molecule has 0 aliphatic carbocycles. The van der Waals surface area contributed by atoms with E-state index in [1.54, 1.807) is 6.07 Å². The largest absolute Gasteiger partial charge is 0.377 e. The van der Waals surface area contributed by atoms with Crippen molar-refractivity contribution >= 4 is 17.2 Å². The zero-order valence-electron chi connectivity index (χ0n) is 10.4. The van der Waals surface area contributed by atoms with E-state index in [9.17, 15) is 0 Å². The minimum absolute atomic E-state index is 0.229. The quantitative estimate of drug-likeness (QED) is 0.783. The zero-order valence-corrected chi connectivity index (χ0v) is 11.2. The Labute approximate surface area is 110 Å². The Morgan fingerprint density at radius 2 is 2.33 bits per heavy atom. The molecule has 1 aliphatic rings. The van der Waals surface area contributed by atoms with Crippen LogP contribution in [0.2, 0.25) is 5.15 Å². The van der Waals surface area contributed by atoms with Gasteiger partial charge in [-0.3, -0.25) is 4.40 Å². The van der Waals surface area contributed by atoms with E-state index in [0.29, 0.717) is 11.1 Å². The van der Waals surface area contributed by atoms with Gasteiger partial charge in [0.15, 0.2) is 5.65 Å². The van der Waals surface area contributed by atoms with Gasteiger partial charge in [-0.2, -0.15) is 0 Å². The SMILES string of the molecule is CCC1OCCC1c1nnc2cc(Cl)nc(C)n12. The van der Waals surface area contributed by atoms with Gasteiger partial charge in [-0.1, -0.05) is 18.5 Å². The molecule has 0 bridgehead atoms. The average Bonchev–Trinajstić information content (AvgIpc) is 2.92. The summed E-state index contributed by atoms with van der Waals surface area (Å²) in [6.07, 6.45) is 2.20. The molecule has 18 heavy (non-hydrogen) atoms. The fourth-order valence-electron chi connectivity index (χ4n) is 2.66. The molecule has 0 radical (unpaired) electrons. The number of rotatable bonds is 2. The van der Waals surface area contributed by atoms with Crippen LogP contribution in [0.5, 0.6) is 0 Å². The predicted octanol–water partition coefficient (Wildman–Crippen LogP) is 2.37. The Balaban J connectivity index is 2.12. The molecule has 2 aromatic heterocycles. The predicted molar refractivity (Wildman–Crippen MR) is 67.9 cm³/mol. The summed E-state index contributed by atoms with van der Waals surface area (Å²) in [6, 6.07) is 1.74. The monoisotopic (exact) mass is 266 g/mol. The van der Waals surface area contributed by atoms with Crippen LogP contribution in [0.3, 0.4) is 0 Å². The molecule has 2 atom stereocenters. The highest BCUT2D eigenvalue weighted by molar-refractivity contribution is 6.29. The number of hydrogen-bond donors (Lipinski definition) is 0. The first-order valence-electron chi connectivity index (χ1n) is 6.20. The summed E-state index contributed by atoms with van der Waals surface area (Å²) in [5, 5.41) is 8.95. The Hall–Kier alpha value is -1.20. The summed E-state index contributed by atoms with van der Waals surface area (Å²) in [5.74, 6) is 2.06. The minimum Gasteiger partial charge on any atom is -0.377 e. The Morgan fingerprint density at radius 1 is 1.50 bits per heavy atom. The average molecular weight is 267 g/mol. The van der Waals surface area contributed by atoms with Gasteiger partial charge >= 0.3 is 0 Å². The third-order valence-electron chi connectivity index (χ3n) is 3.50. The van der Waals surface area contributed by atoms with E-state index in [1.165, 1.54) is 0 Å². The van der Waals surface area contributed by atoms with Crippen LogP contribution in [-0.2, 0) is 4.74 Å². The molecule has 1 fully saturated rings. The Morgan fingerprint density at radius 3 is 3.11 bits per heavy atom. The van der Waals surface area contributed by atoms with Crippen molar-refractivity contribution in [3.63, 3.8) is 0 Å². The maximum Gasteiger partial charge on any atom is 0.165 e. The molecule has 0 N–H and O–H groups in total. The van der Waals surface area contributed by atoms with Crippen LogP contribution in [0, 0.1) is 6.92 Å². The van der Waals surface area contributed by atoms with Gasteiger partial charge < -0.3 is 4.74 Å².